The van der Waals surface area contributed by atoms with Gasteiger partial charge in [0.2, 0.25) is 0 Å². The van der Waals surface area contributed by atoms with E-state index in [2.05, 4.69) is 10.6 Å². The summed E-state index contributed by atoms with van der Waals surface area (Å²) in [5.41, 5.74) is 1.32. The molecule has 1 aliphatic rings. The average Bonchev–Trinajstić information content (AvgIpc) is 2.38. The molecule has 0 saturated heterocycles. The van der Waals surface area contributed by atoms with Gasteiger partial charge in [0, 0.05) is 17.4 Å². The number of benzene rings is 1. The van der Waals surface area contributed by atoms with Crippen molar-refractivity contribution in [3.05, 3.63) is 24.3 Å². The first-order valence-electron chi connectivity index (χ1n) is 7.79. The highest BCUT2D eigenvalue weighted by Gasteiger charge is 2.16. The van der Waals surface area contributed by atoms with E-state index >= 15 is 0 Å². The van der Waals surface area contributed by atoms with Gasteiger partial charge in [-0.2, -0.15) is 0 Å². The number of ether oxygens (including phenoxy) is 1. The lowest BCUT2D eigenvalue weighted by molar-refractivity contribution is 0.0636. The number of nitrogens with one attached hydrogen (secondary N) is 2. The minimum atomic E-state index is -0.484. The van der Waals surface area contributed by atoms with Crippen molar-refractivity contribution in [2.24, 2.45) is 0 Å². The SMILES string of the molecule is CC(C)(C)OC(=O)Nc1cccc(NC2CCCCC2)c1. The molecule has 4 nitrogen and oxygen atoms in total. The van der Waals surface area contributed by atoms with Crippen molar-refractivity contribution in [1.82, 2.24) is 0 Å². The Balaban J connectivity index is 1.92. The minimum Gasteiger partial charge on any atom is -0.444 e. The number of hydrogen-bond donors (Lipinski definition) is 2. The first-order chi connectivity index (χ1) is 9.92. The van der Waals surface area contributed by atoms with E-state index in [1.165, 1.54) is 32.1 Å². The molecule has 0 spiro atoms. The van der Waals surface area contributed by atoms with E-state index in [4.69, 9.17) is 4.74 Å². The lowest BCUT2D eigenvalue weighted by Crippen LogP contribution is -2.27. The van der Waals surface area contributed by atoms with Crippen molar-refractivity contribution in [2.75, 3.05) is 10.6 Å². The lowest BCUT2D eigenvalue weighted by atomic mass is 9.95. The molecule has 2 rings (SSSR count). The maximum Gasteiger partial charge on any atom is 0.412 e. The van der Waals surface area contributed by atoms with Crippen molar-refractivity contribution >= 4 is 17.5 Å². The second-order valence-electron chi connectivity index (χ2n) is 6.69. The van der Waals surface area contributed by atoms with Crippen LogP contribution in [0, 0.1) is 0 Å². The van der Waals surface area contributed by atoms with Crippen LogP contribution in [0.2, 0.25) is 0 Å². The van der Waals surface area contributed by atoms with Gasteiger partial charge in [0.25, 0.3) is 0 Å². The molecule has 21 heavy (non-hydrogen) atoms. The molecule has 0 unspecified atom stereocenters. The zero-order valence-corrected chi connectivity index (χ0v) is 13.2. The smallest absolute Gasteiger partial charge is 0.412 e. The Bertz CT molecular complexity index is 474. The Labute approximate surface area is 127 Å². The number of carbonyl (C=O) groups excluding carboxylic acids is 1. The molecule has 1 amide bonds. The van der Waals surface area contributed by atoms with E-state index in [-0.39, 0.29) is 0 Å². The molecule has 0 aliphatic heterocycles. The van der Waals surface area contributed by atoms with E-state index < -0.39 is 11.7 Å². The van der Waals surface area contributed by atoms with Gasteiger partial charge < -0.3 is 10.1 Å². The third kappa shape index (κ3) is 5.66. The predicted molar refractivity (Wildman–Crippen MR) is 86.8 cm³/mol. The highest BCUT2D eigenvalue weighted by Crippen LogP contribution is 2.23. The summed E-state index contributed by atoms with van der Waals surface area (Å²) in [7, 11) is 0. The molecular weight excluding hydrogens is 264 g/mol. The molecule has 116 valence electrons. The summed E-state index contributed by atoms with van der Waals surface area (Å²) in [6, 6.07) is 8.36. The summed E-state index contributed by atoms with van der Waals surface area (Å²) in [6.45, 7) is 5.56. The van der Waals surface area contributed by atoms with Crippen LogP contribution in [0.3, 0.4) is 0 Å². The molecule has 2 N–H and O–H groups in total. The second kappa shape index (κ2) is 6.83. The number of anilines is 2. The molecule has 0 atom stereocenters. The zero-order valence-electron chi connectivity index (χ0n) is 13.2. The maximum absolute atomic E-state index is 11.8. The first kappa shape index (κ1) is 15.7. The summed E-state index contributed by atoms with van der Waals surface area (Å²) in [5, 5.41) is 6.33. The van der Waals surface area contributed by atoms with Gasteiger partial charge >= 0.3 is 6.09 Å². The van der Waals surface area contributed by atoms with Crippen LogP contribution in [0.25, 0.3) is 0 Å². The summed E-state index contributed by atoms with van der Waals surface area (Å²) in [5.74, 6) is 0. The van der Waals surface area contributed by atoms with Crippen LogP contribution in [0.4, 0.5) is 16.2 Å². The van der Waals surface area contributed by atoms with E-state index in [0.29, 0.717) is 6.04 Å². The van der Waals surface area contributed by atoms with Crippen molar-refractivity contribution in [3.63, 3.8) is 0 Å². The van der Waals surface area contributed by atoms with Crippen LogP contribution < -0.4 is 10.6 Å². The highest BCUT2D eigenvalue weighted by atomic mass is 16.6. The molecule has 1 aromatic rings. The van der Waals surface area contributed by atoms with E-state index in [0.717, 1.165) is 11.4 Å². The molecular formula is C17H26N2O2. The number of hydrogen-bond acceptors (Lipinski definition) is 3. The van der Waals surface area contributed by atoms with Gasteiger partial charge in [-0.3, -0.25) is 5.32 Å². The minimum absolute atomic E-state index is 0.419. The fourth-order valence-corrected chi connectivity index (χ4v) is 2.59. The Kier molecular flexibility index (Phi) is 5.10. The standard InChI is InChI=1S/C17H26N2O2/c1-17(2,3)21-16(20)19-15-11-7-10-14(12-15)18-13-8-5-4-6-9-13/h7,10-13,18H,4-6,8-9H2,1-3H3,(H,19,20). The molecule has 0 radical (unpaired) electrons. The molecule has 1 saturated carbocycles. The monoisotopic (exact) mass is 290 g/mol. The molecule has 0 aromatic heterocycles. The van der Waals surface area contributed by atoms with E-state index in [9.17, 15) is 4.79 Å². The van der Waals surface area contributed by atoms with Crippen LogP contribution in [-0.4, -0.2) is 17.7 Å². The van der Waals surface area contributed by atoms with Crippen molar-refractivity contribution < 1.29 is 9.53 Å². The molecule has 1 aliphatic carbocycles. The van der Waals surface area contributed by atoms with Crippen molar-refractivity contribution in [2.45, 2.75) is 64.5 Å². The molecule has 0 heterocycles. The highest BCUT2D eigenvalue weighted by molar-refractivity contribution is 5.85. The molecule has 4 heteroatoms. The van der Waals surface area contributed by atoms with Gasteiger partial charge in [-0.1, -0.05) is 25.3 Å². The van der Waals surface area contributed by atoms with Crippen LogP contribution in [0.1, 0.15) is 52.9 Å². The molecule has 1 fully saturated rings. The van der Waals surface area contributed by atoms with Crippen LogP contribution in [0.5, 0.6) is 0 Å². The first-order valence-corrected chi connectivity index (χ1v) is 7.79. The van der Waals surface area contributed by atoms with Gasteiger partial charge in [-0.15, -0.1) is 0 Å². The predicted octanol–water partition coefficient (Wildman–Crippen LogP) is 4.78. The van der Waals surface area contributed by atoms with Crippen molar-refractivity contribution in [1.29, 1.82) is 0 Å². The van der Waals surface area contributed by atoms with Crippen molar-refractivity contribution in [3.8, 4) is 0 Å². The van der Waals surface area contributed by atoms with Crippen LogP contribution in [0.15, 0.2) is 24.3 Å². The number of rotatable bonds is 3. The third-order valence-corrected chi connectivity index (χ3v) is 3.48. The lowest BCUT2D eigenvalue weighted by Gasteiger charge is -2.24. The fraction of sp³-hybridized carbons (Fsp3) is 0.588. The maximum atomic E-state index is 11.8. The van der Waals surface area contributed by atoms with E-state index in [1.807, 2.05) is 45.0 Å². The average molecular weight is 290 g/mol. The van der Waals surface area contributed by atoms with Gasteiger partial charge in [0.1, 0.15) is 5.60 Å². The Morgan fingerprint density at radius 2 is 1.81 bits per heavy atom. The Morgan fingerprint density at radius 1 is 1.14 bits per heavy atom. The van der Waals surface area contributed by atoms with Gasteiger partial charge in [-0.05, 0) is 51.8 Å². The van der Waals surface area contributed by atoms with E-state index in [1.54, 1.807) is 0 Å². The topological polar surface area (TPSA) is 50.4 Å². The summed E-state index contributed by atoms with van der Waals surface area (Å²) >= 11 is 0. The van der Waals surface area contributed by atoms with Gasteiger partial charge in [-0.25, -0.2) is 4.79 Å². The Hall–Kier alpha value is -1.71. The van der Waals surface area contributed by atoms with Crippen LogP contribution >= 0.6 is 0 Å². The molecule has 0 bridgehead atoms. The largest absolute Gasteiger partial charge is 0.444 e. The summed E-state index contributed by atoms with van der Waals surface area (Å²) in [4.78, 5) is 11.8. The van der Waals surface area contributed by atoms with Gasteiger partial charge in [0.15, 0.2) is 0 Å². The quantitative estimate of drug-likeness (QED) is 0.842. The fourth-order valence-electron chi connectivity index (χ4n) is 2.59. The zero-order chi connectivity index (χ0) is 15.3. The van der Waals surface area contributed by atoms with Crippen LogP contribution in [-0.2, 0) is 4.74 Å². The van der Waals surface area contributed by atoms with Gasteiger partial charge in [0.05, 0.1) is 0 Å². The normalized spacial score (nSPS) is 16.3. The second-order valence-corrected chi connectivity index (χ2v) is 6.69. The third-order valence-electron chi connectivity index (χ3n) is 3.48. The molecule has 1 aromatic carbocycles. The number of carbonyl (C=O) groups is 1. The number of amides is 1. The summed E-state index contributed by atoms with van der Waals surface area (Å²) < 4.78 is 5.26. The Morgan fingerprint density at radius 3 is 2.48 bits per heavy atom. The summed E-state index contributed by atoms with van der Waals surface area (Å²) in [6.07, 6.45) is 5.98.